The van der Waals surface area contributed by atoms with Crippen LogP contribution in [0, 0.1) is 19.8 Å². The first-order chi connectivity index (χ1) is 15.3. The van der Waals surface area contributed by atoms with Crippen LogP contribution in [0.25, 0.3) is 0 Å². The van der Waals surface area contributed by atoms with Crippen LogP contribution in [0.5, 0.6) is 5.75 Å². The van der Waals surface area contributed by atoms with E-state index in [0.717, 1.165) is 17.1 Å². The fourth-order valence-corrected chi connectivity index (χ4v) is 4.93. The number of phenolic OH excluding ortho intramolecular Hbond substituents is 1. The Morgan fingerprint density at radius 1 is 1.21 bits per heavy atom. The van der Waals surface area contributed by atoms with E-state index in [2.05, 4.69) is 35.4 Å². The first-order valence-electron chi connectivity index (χ1n) is 10.4. The Bertz CT molecular complexity index is 1180. The van der Waals surface area contributed by atoms with Crippen LogP contribution in [0.15, 0.2) is 35.9 Å². The molecule has 0 spiro atoms. The summed E-state index contributed by atoms with van der Waals surface area (Å²) in [6.07, 6.45) is 1.46. The van der Waals surface area contributed by atoms with Crippen molar-refractivity contribution in [2.45, 2.75) is 33.7 Å². The Hall–Kier alpha value is -2.66. The second-order valence-corrected chi connectivity index (χ2v) is 11.6. The standard InChI is InChI=1S/C22H30BrN5O4S/c1-11(2)18(16-10-12(3)13(4)32-16)25-21-20(26-33(7,31)27-21)24-15-9-8-14(23)17(19(15)29)22(30)28(5)6/h8-11,18,29,33H,1-7H3,(H2,24,25,26,27,31)/t18-/m1/s1. The molecule has 0 saturated heterocycles. The van der Waals surface area contributed by atoms with Gasteiger partial charge in [0, 0.05) is 24.8 Å². The Labute approximate surface area is 203 Å². The molecule has 0 saturated carbocycles. The zero-order valence-electron chi connectivity index (χ0n) is 19.7. The quantitative estimate of drug-likeness (QED) is 0.339. The number of benzene rings is 1. The number of carbonyl (C=O) groups excluding carboxylic acids is 1. The maximum atomic E-state index is 12.8. The Morgan fingerprint density at radius 2 is 1.85 bits per heavy atom. The van der Waals surface area contributed by atoms with Crippen LogP contribution < -0.4 is 10.6 Å². The zero-order valence-corrected chi connectivity index (χ0v) is 22.2. The van der Waals surface area contributed by atoms with Crippen molar-refractivity contribution in [1.82, 2.24) is 10.2 Å². The molecule has 0 radical (unpaired) electrons. The van der Waals surface area contributed by atoms with Crippen LogP contribution in [0.1, 0.15) is 47.3 Å². The molecule has 1 aromatic carbocycles. The summed E-state index contributed by atoms with van der Waals surface area (Å²) in [5, 5.41) is 17.1. The first kappa shape index (κ1) is 25.0. The van der Waals surface area contributed by atoms with Gasteiger partial charge in [0.05, 0.1) is 27.6 Å². The number of nitrogens with zero attached hydrogens (tertiary/aromatic N) is 3. The molecule has 1 amide bonds. The van der Waals surface area contributed by atoms with Crippen LogP contribution >= 0.6 is 15.9 Å². The van der Waals surface area contributed by atoms with Crippen molar-refractivity contribution >= 4 is 49.5 Å². The van der Waals surface area contributed by atoms with E-state index in [1.165, 1.54) is 11.2 Å². The number of aryl methyl sites for hydroxylation is 2. The highest BCUT2D eigenvalue weighted by Gasteiger charge is 2.29. The van der Waals surface area contributed by atoms with Gasteiger partial charge in [0.1, 0.15) is 11.5 Å². The largest absolute Gasteiger partial charge is 0.505 e. The van der Waals surface area contributed by atoms with Crippen molar-refractivity contribution in [2.24, 2.45) is 14.7 Å². The second kappa shape index (κ2) is 9.30. The second-order valence-electron chi connectivity index (χ2n) is 8.63. The predicted molar refractivity (Wildman–Crippen MR) is 137 cm³/mol. The van der Waals surface area contributed by atoms with E-state index >= 15 is 0 Å². The van der Waals surface area contributed by atoms with Crippen LogP contribution in [-0.4, -0.2) is 52.1 Å². The molecule has 180 valence electrons. The number of carbonyl (C=O) groups is 1. The molecule has 1 aromatic heterocycles. The molecule has 2 heterocycles. The third-order valence-corrected chi connectivity index (χ3v) is 7.05. The molecule has 0 fully saturated rings. The van der Waals surface area contributed by atoms with E-state index in [4.69, 9.17) is 4.42 Å². The lowest BCUT2D eigenvalue weighted by atomic mass is 10.0. The number of anilines is 1. The van der Waals surface area contributed by atoms with Crippen molar-refractivity contribution in [3.63, 3.8) is 0 Å². The van der Waals surface area contributed by atoms with Crippen molar-refractivity contribution in [1.29, 1.82) is 0 Å². The third-order valence-electron chi connectivity index (χ3n) is 5.25. The lowest BCUT2D eigenvalue weighted by Crippen LogP contribution is -2.38. The summed E-state index contributed by atoms with van der Waals surface area (Å²) in [7, 11) is 0.00566. The minimum atomic E-state index is -3.19. The lowest BCUT2D eigenvalue weighted by Gasteiger charge is -2.22. The third kappa shape index (κ3) is 5.30. The van der Waals surface area contributed by atoms with Gasteiger partial charge in [0.25, 0.3) is 5.91 Å². The van der Waals surface area contributed by atoms with Crippen LogP contribution in [-0.2, 0) is 10.3 Å². The minimum Gasteiger partial charge on any atom is -0.505 e. The highest BCUT2D eigenvalue weighted by molar-refractivity contribution is 9.10. The summed E-state index contributed by atoms with van der Waals surface area (Å²) in [6.45, 7) is 7.96. The summed E-state index contributed by atoms with van der Waals surface area (Å²) in [5.41, 5.74) is 1.39. The number of hydrogen-bond donors (Lipinski definition) is 4. The lowest BCUT2D eigenvalue weighted by molar-refractivity contribution is 0.0824. The van der Waals surface area contributed by atoms with Gasteiger partial charge in [-0.3, -0.25) is 4.79 Å². The zero-order chi connectivity index (χ0) is 24.7. The van der Waals surface area contributed by atoms with Gasteiger partial charge in [-0.1, -0.05) is 13.8 Å². The molecule has 3 N–H and O–H groups in total. The fourth-order valence-electron chi connectivity index (χ4n) is 3.36. The van der Waals surface area contributed by atoms with Gasteiger partial charge in [-0.2, -0.15) is 8.80 Å². The number of rotatable bonds is 5. The van der Waals surface area contributed by atoms with Gasteiger partial charge in [-0.25, -0.2) is 4.21 Å². The van der Waals surface area contributed by atoms with E-state index in [0.29, 0.717) is 10.3 Å². The molecule has 9 nitrogen and oxygen atoms in total. The van der Waals surface area contributed by atoms with Crippen molar-refractivity contribution in [2.75, 3.05) is 25.7 Å². The smallest absolute Gasteiger partial charge is 0.258 e. The van der Waals surface area contributed by atoms with Crippen molar-refractivity contribution in [3.05, 3.63) is 45.3 Å². The monoisotopic (exact) mass is 539 g/mol. The van der Waals surface area contributed by atoms with Gasteiger partial charge in [-0.05, 0) is 59.5 Å². The van der Waals surface area contributed by atoms with Crippen LogP contribution in [0.4, 0.5) is 5.69 Å². The highest BCUT2D eigenvalue weighted by Crippen LogP contribution is 2.35. The van der Waals surface area contributed by atoms with Crippen molar-refractivity contribution in [3.8, 4) is 5.75 Å². The van der Waals surface area contributed by atoms with Gasteiger partial charge < -0.3 is 25.1 Å². The van der Waals surface area contributed by atoms with E-state index in [1.807, 2.05) is 33.8 Å². The average Bonchev–Trinajstić information content (AvgIpc) is 3.18. The first-order valence-corrected chi connectivity index (χ1v) is 13.3. The topological polar surface area (TPSA) is 120 Å². The van der Waals surface area contributed by atoms with Gasteiger partial charge >= 0.3 is 0 Å². The number of aromatic hydroxyl groups is 1. The van der Waals surface area contributed by atoms with E-state index in [9.17, 15) is 14.1 Å². The highest BCUT2D eigenvalue weighted by atomic mass is 79.9. The molecule has 1 aliphatic heterocycles. The summed E-state index contributed by atoms with van der Waals surface area (Å²) < 4.78 is 27.7. The predicted octanol–water partition coefficient (Wildman–Crippen LogP) is 3.75. The molecule has 2 aromatic rings. The molecule has 0 unspecified atom stereocenters. The van der Waals surface area contributed by atoms with E-state index in [1.54, 1.807) is 26.2 Å². The Balaban J connectivity index is 1.95. The van der Waals surface area contributed by atoms with Crippen LogP contribution in [0.3, 0.4) is 0 Å². The summed E-state index contributed by atoms with van der Waals surface area (Å²) in [4.78, 5) is 13.9. The van der Waals surface area contributed by atoms with Crippen LogP contribution in [0.2, 0.25) is 0 Å². The van der Waals surface area contributed by atoms with Gasteiger partial charge in [-0.15, -0.1) is 0 Å². The molecule has 1 aliphatic rings. The molecular formula is C22H30BrN5O4S. The average molecular weight is 540 g/mol. The molecule has 3 rings (SSSR count). The minimum absolute atomic E-state index is 0.108. The number of amidine groups is 2. The SMILES string of the molecule is Cc1cc([C@H](NC2=N[SH](C)(=O)N=C2Nc2ccc(Br)c(C(=O)N(C)C)c2O)C(C)C)oc1C. The number of hydrogen-bond acceptors (Lipinski definition) is 6. The van der Waals surface area contributed by atoms with Gasteiger partial charge in [0.15, 0.2) is 17.4 Å². The number of nitrogens with one attached hydrogen (secondary N) is 2. The van der Waals surface area contributed by atoms with E-state index in [-0.39, 0.29) is 40.7 Å². The maximum Gasteiger partial charge on any atom is 0.258 e. The van der Waals surface area contributed by atoms with Crippen molar-refractivity contribution < 1.29 is 18.5 Å². The molecule has 33 heavy (non-hydrogen) atoms. The molecule has 0 bridgehead atoms. The molecular weight excluding hydrogens is 510 g/mol. The Kier molecular flexibility index (Phi) is 7.04. The normalized spacial score (nSPS) is 16.8. The fraction of sp³-hybridized carbons (Fsp3) is 0.409. The van der Waals surface area contributed by atoms with Gasteiger partial charge in [0.2, 0.25) is 0 Å². The molecule has 11 heteroatoms. The molecule has 1 atom stereocenters. The molecule has 0 aliphatic carbocycles. The number of furan rings is 1. The summed E-state index contributed by atoms with van der Waals surface area (Å²) in [5.74, 6) is 1.60. The summed E-state index contributed by atoms with van der Waals surface area (Å²) in [6, 6.07) is 4.97. The number of amides is 1. The summed E-state index contributed by atoms with van der Waals surface area (Å²) >= 11 is 3.32. The Morgan fingerprint density at radius 3 is 2.39 bits per heavy atom. The maximum absolute atomic E-state index is 12.8. The number of phenols is 1. The number of thiol groups is 1. The number of halogens is 1. The van der Waals surface area contributed by atoms with E-state index < -0.39 is 10.3 Å².